The van der Waals surface area contributed by atoms with E-state index >= 15 is 0 Å². The van der Waals surface area contributed by atoms with Gasteiger partial charge in [-0.05, 0) is 24.4 Å². The van der Waals surface area contributed by atoms with Crippen LogP contribution in [0, 0.1) is 0 Å². The zero-order valence-corrected chi connectivity index (χ0v) is 11.9. The fourth-order valence-corrected chi connectivity index (χ4v) is 2.96. The molecule has 0 aromatic carbocycles. The molecule has 98 valence electrons. The van der Waals surface area contributed by atoms with E-state index in [2.05, 4.69) is 52.4 Å². The molecule has 0 fully saturated rings. The van der Waals surface area contributed by atoms with Gasteiger partial charge in [0.2, 0.25) is 0 Å². The molecule has 2 rings (SSSR count). The fraction of sp³-hybridized carbons (Fsp3) is 0.500. The second-order valence-corrected chi connectivity index (χ2v) is 5.37. The summed E-state index contributed by atoms with van der Waals surface area (Å²) in [5, 5.41) is 5.65. The molecular formula is C14H21N3S. The molecule has 0 aliphatic heterocycles. The van der Waals surface area contributed by atoms with Gasteiger partial charge in [-0.2, -0.15) is 0 Å². The van der Waals surface area contributed by atoms with Crippen LogP contribution in [0.1, 0.15) is 26.7 Å². The van der Waals surface area contributed by atoms with Crippen LogP contribution in [0.25, 0.3) is 10.7 Å². The van der Waals surface area contributed by atoms with Gasteiger partial charge in [0.25, 0.3) is 0 Å². The lowest BCUT2D eigenvalue weighted by Crippen LogP contribution is -2.33. The Morgan fingerprint density at radius 1 is 1.44 bits per heavy atom. The van der Waals surface area contributed by atoms with Crippen molar-refractivity contribution >= 4 is 11.3 Å². The number of nitrogens with one attached hydrogen (secondary N) is 1. The van der Waals surface area contributed by atoms with Crippen molar-refractivity contribution < 1.29 is 0 Å². The van der Waals surface area contributed by atoms with Crippen molar-refractivity contribution in [3.05, 3.63) is 29.9 Å². The second kappa shape index (κ2) is 6.71. The maximum atomic E-state index is 4.48. The Kier molecular flexibility index (Phi) is 4.96. The smallest absolute Gasteiger partial charge is 0.150 e. The molecule has 0 spiro atoms. The van der Waals surface area contributed by atoms with Crippen molar-refractivity contribution in [1.29, 1.82) is 0 Å². The van der Waals surface area contributed by atoms with Gasteiger partial charge in [-0.15, -0.1) is 11.3 Å². The topological polar surface area (TPSA) is 29.9 Å². The van der Waals surface area contributed by atoms with E-state index < -0.39 is 0 Å². The highest BCUT2D eigenvalue weighted by molar-refractivity contribution is 7.13. The first-order valence-corrected chi connectivity index (χ1v) is 7.51. The number of rotatable bonds is 7. The predicted octanol–water partition coefficient (Wildman–Crippen LogP) is 3.39. The molecular weight excluding hydrogens is 242 g/mol. The summed E-state index contributed by atoms with van der Waals surface area (Å²) in [6.07, 6.45) is 6.38. The molecule has 1 N–H and O–H groups in total. The van der Waals surface area contributed by atoms with Crippen LogP contribution in [0.4, 0.5) is 0 Å². The highest BCUT2D eigenvalue weighted by Gasteiger charge is 2.11. The summed E-state index contributed by atoms with van der Waals surface area (Å²) in [5.74, 6) is 1.09. The standard InChI is InChI=1S/C14H21N3S/c1-3-6-12(15-4-2)11-17-9-8-16-14(17)13-7-5-10-18-13/h5,7-10,12,15H,3-4,6,11H2,1-2H3. The molecule has 0 amide bonds. The Balaban J connectivity index is 2.11. The summed E-state index contributed by atoms with van der Waals surface area (Å²) in [5.41, 5.74) is 0. The van der Waals surface area contributed by atoms with Gasteiger partial charge in [0, 0.05) is 25.0 Å². The van der Waals surface area contributed by atoms with Crippen molar-refractivity contribution in [3.63, 3.8) is 0 Å². The maximum absolute atomic E-state index is 4.48. The third kappa shape index (κ3) is 3.21. The summed E-state index contributed by atoms with van der Waals surface area (Å²) >= 11 is 1.74. The van der Waals surface area contributed by atoms with E-state index in [1.165, 1.54) is 17.7 Å². The molecule has 0 saturated carbocycles. The summed E-state index contributed by atoms with van der Waals surface area (Å²) in [7, 11) is 0. The Labute approximate surface area is 113 Å². The molecule has 2 aromatic heterocycles. The van der Waals surface area contributed by atoms with Gasteiger partial charge in [-0.25, -0.2) is 4.98 Å². The molecule has 1 unspecified atom stereocenters. The van der Waals surface area contributed by atoms with Gasteiger partial charge in [0.05, 0.1) is 4.88 Å². The van der Waals surface area contributed by atoms with E-state index in [-0.39, 0.29) is 0 Å². The minimum Gasteiger partial charge on any atom is -0.329 e. The molecule has 18 heavy (non-hydrogen) atoms. The molecule has 0 aliphatic rings. The molecule has 3 nitrogen and oxygen atoms in total. The van der Waals surface area contributed by atoms with Crippen molar-refractivity contribution in [1.82, 2.24) is 14.9 Å². The zero-order valence-electron chi connectivity index (χ0n) is 11.1. The monoisotopic (exact) mass is 263 g/mol. The van der Waals surface area contributed by atoms with E-state index in [1.807, 2.05) is 6.20 Å². The number of imidazole rings is 1. The predicted molar refractivity (Wildman–Crippen MR) is 77.9 cm³/mol. The van der Waals surface area contributed by atoms with E-state index in [1.54, 1.807) is 11.3 Å². The fourth-order valence-electron chi connectivity index (χ4n) is 2.22. The maximum Gasteiger partial charge on any atom is 0.150 e. The molecule has 0 aliphatic carbocycles. The van der Waals surface area contributed by atoms with E-state index in [4.69, 9.17) is 0 Å². The van der Waals surface area contributed by atoms with Crippen molar-refractivity contribution in [2.24, 2.45) is 0 Å². The lowest BCUT2D eigenvalue weighted by Gasteiger charge is -2.18. The van der Waals surface area contributed by atoms with E-state index in [0.717, 1.165) is 18.9 Å². The number of aromatic nitrogens is 2. The normalized spacial score (nSPS) is 12.8. The van der Waals surface area contributed by atoms with Gasteiger partial charge < -0.3 is 9.88 Å². The number of nitrogens with zero attached hydrogens (tertiary/aromatic N) is 2. The Bertz CT molecular complexity index is 441. The largest absolute Gasteiger partial charge is 0.329 e. The van der Waals surface area contributed by atoms with Crippen molar-refractivity contribution in [2.75, 3.05) is 6.54 Å². The zero-order chi connectivity index (χ0) is 12.8. The molecule has 4 heteroatoms. The third-order valence-corrected chi connectivity index (χ3v) is 3.87. The highest BCUT2D eigenvalue weighted by Crippen LogP contribution is 2.23. The van der Waals surface area contributed by atoms with Gasteiger partial charge in [-0.3, -0.25) is 0 Å². The lowest BCUT2D eigenvalue weighted by atomic mass is 10.1. The first kappa shape index (κ1) is 13.3. The van der Waals surface area contributed by atoms with Crippen LogP contribution in [0.15, 0.2) is 29.9 Å². The van der Waals surface area contributed by atoms with E-state index in [9.17, 15) is 0 Å². The Hall–Kier alpha value is -1.13. The van der Waals surface area contributed by atoms with Gasteiger partial charge in [-0.1, -0.05) is 26.3 Å². The number of hydrogen-bond donors (Lipinski definition) is 1. The summed E-state index contributed by atoms with van der Waals surface area (Å²) in [6, 6.07) is 4.74. The average molecular weight is 263 g/mol. The molecule has 0 saturated heterocycles. The molecule has 2 heterocycles. The minimum absolute atomic E-state index is 0.535. The second-order valence-electron chi connectivity index (χ2n) is 4.42. The molecule has 0 radical (unpaired) electrons. The first-order valence-electron chi connectivity index (χ1n) is 6.63. The van der Waals surface area contributed by atoms with Gasteiger partial charge in [0.1, 0.15) is 5.82 Å². The average Bonchev–Trinajstić information content (AvgIpc) is 2.99. The van der Waals surface area contributed by atoms with Crippen LogP contribution in [0.3, 0.4) is 0 Å². The number of likely N-dealkylation sites (N-methyl/N-ethyl adjacent to an activating group) is 1. The van der Waals surface area contributed by atoms with Crippen LogP contribution >= 0.6 is 11.3 Å². The van der Waals surface area contributed by atoms with Gasteiger partial charge >= 0.3 is 0 Å². The van der Waals surface area contributed by atoms with Crippen LogP contribution in [-0.4, -0.2) is 22.1 Å². The van der Waals surface area contributed by atoms with Gasteiger partial charge in [0.15, 0.2) is 0 Å². The lowest BCUT2D eigenvalue weighted by molar-refractivity contribution is 0.431. The SMILES string of the molecule is CCCC(Cn1ccnc1-c1cccs1)NCC. The summed E-state index contributed by atoms with van der Waals surface area (Å²) in [6.45, 7) is 6.41. The Morgan fingerprint density at radius 2 is 2.33 bits per heavy atom. The Morgan fingerprint density at radius 3 is 3.00 bits per heavy atom. The summed E-state index contributed by atoms with van der Waals surface area (Å²) < 4.78 is 2.26. The van der Waals surface area contributed by atoms with Crippen molar-refractivity contribution in [2.45, 2.75) is 39.3 Å². The highest BCUT2D eigenvalue weighted by atomic mass is 32.1. The van der Waals surface area contributed by atoms with Crippen LogP contribution in [-0.2, 0) is 6.54 Å². The summed E-state index contributed by atoms with van der Waals surface area (Å²) in [4.78, 5) is 5.72. The van der Waals surface area contributed by atoms with Crippen LogP contribution in [0.5, 0.6) is 0 Å². The molecule has 2 aromatic rings. The molecule has 1 atom stereocenters. The van der Waals surface area contributed by atoms with Crippen molar-refractivity contribution in [3.8, 4) is 10.7 Å². The quantitative estimate of drug-likeness (QED) is 0.830. The third-order valence-electron chi connectivity index (χ3n) is 3.00. The number of hydrogen-bond acceptors (Lipinski definition) is 3. The number of thiophene rings is 1. The van der Waals surface area contributed by atoms with E-state index in [0.29, 0.717) is 6.04 Å². The molecule has 0 bridgehead atoms. The minimum atomic E-state index is 0.535. The van der Waals surface area contributed by atoms with Crippen LogP contribution < -0.4 is 5.32 Å². The first-order chi connectivity index (χ1) is 8.85. The van der Waals surface area contributed by atoms with Crippen LogP contribution in [0.2, 0.25) is 0 Å².